The third kappa shape index (κ3) is 3.68. The van der Waals surface area contributed by atoms with Crippen molar-refractivity contribution >= 4 is 17.5 Å². The van der Waals surface area contributed by atoms with Gasteiger partial charge in [0, 0.05) is 12.1 Å². The van der Waals surface area contributed by atoms with E-state index in [4.69, 9.17) is 9.47 Å². The molecule has 0 fully saturated rings. The van der Waals surface area contributed by atoms with Crippen LogP contribution in [0.3, 0.4) is 0 Å². The maximum Gasteiger partial charge on any atom is 0.257 e. The van der Waals surface area contributed by atoms with E-state index < -0.39 is 0 Å². The predicted octanol–water partition coefficient (Wildman–Crippen LogP) is 2.67. The number of fused-ring (bicyclic) bond motifs is 1. The Balaban J connectivity index is 1.61. The highest BCUT2D eigenvalue weighted by molar-refractivity contribution is 6.04. The number of nitrogens with zero attached hydrogens (tertiary/aromatic N) is 2. The number of nitrogens with one attached hydrogen (secondary N) is 2. The molecular weight excluding hydrogens is 296 g/mol. The third-order valence-electron chi connectivity index (χ3n) is 3.38. The van der Waals surface area contributed by atoms with Crippen LogP contribution in [0.25, 0.3) is 0 Å². The molecule has 0 radical (unpaired) electrons. The summed E-state index contributed by atoms with van der Waals surface area (Å²) >= 11 is 0. The fraction of sp³-hybridized carbons (Fsp3) is 0.312. The van der Waals surface area contributed by atoms with E-state index in [1.54, 1.807) is 30.3 Å². The van der Waals surface area contributed by atoms with Crippen molar-refractivity contribution in [3.63, 3.8) is 0 Å². The van der Waals surface area contributed by atoms with E-state index in [1.165, 1.54) is 0 Å². The molecule has 0 saturated heterocycles. The van der Waals surface area contributed by atoms with Gasteiger partial charge in [0.2, 0.25) is 6.79 Å². The number of carbonyl (C=O) groups excluding carboxylic acids is 1. The lowest BCUT2D eigenvalue weighted by molar-refractivity contribution is 0.102. The van der Waals surface area contributed by atoms with Crippen LogP contribution >= 0.6 is 0 Å². The molecule has 0 atom stereocenters. The number of hydrogen-bond donors (Lipinski definition) is 2. The Hall–Kier alpha value is -2.83. The van der Waals surface area contributed by atoms with Crippen molar-refractivity contribution in [1.82, 2.24) is 10.2 Å². The number of amides is 1. The fourth-order valence-electron chi connectivity index (χ4n) is 2.11. The van der Waals surface area contributed by atoms with Crippen molar-refractivity contribution in [1.29, 1.82) is 0 Å². The van der Waals surface area contributed by atoms with Crippen LogP contribution in [0.5, 0.6) is 11.5 Å². The predicted molar refractivity (Wildman–Crippen MR) is 85.9 cm³/mol. The van der Waals surface area contributed by atoms with Crippen LogP contribution in [0.1, 0.15) is 30.1 Å². The number of anilines is 2. The summed E-state index contributed by atoms with van der Waals surface area (Å²) < 4.78 is 10.5. The standard InChI is InChI=1S/C16H18N4O3/c1-2-3-8-17-14-6-7-15(20-19-14)18-16(21)11-4-5-12-13(9-11)23-10-22-12/h4-7,9H,2-3,8,10H2,1H3,(H,17,19)(H,18,20,21). The zero-order chi connectivity index (χ0) is 16.1. The number of unbranched alkanes of at least 4 members (excludes halogenated alkanes) is 1. The number of hydrogen-bond acceptors (Lipinski definition) is 6. The van der Waals surface area contributed by atoms with Crippen LogP contribution in [-0.4, -0.2) is 29.4 Å². The Bertz CT molecular complexity index is 688. The molecule has 1 aliphatic rings. The zero-order valence-corrected chi connectivity index (χ0v) is 12.8. The first kappa shape index (κ1) is 15.1. The van der Waals surface area contributed by atoms with Gasteiger partial charge in [0.15, 0.2) is 17.3 Å². The molecule has 0 saturated carbocycles. The average Bonchev–Trinajstić information content (AvgIpc) is 3.04. The van der Waals surface area contributed by atoms with E-state index >= 15 is 0 Å². The molecule has 0 unspecified atom stereocenters. The number of rotatable bonds is 6. The van der Waals surface area contributed by atoms with Gasteiger partial charge in [-0.2, -0.15) is 0 Å². The molecule has 2 heterocycles. The highest BCUT2D eigenvalue weighted by Crippen LogP contribution is 2.32. The van der Waals surface area contributed by atoms with Gasteiger partial charge in [-0.05, 0) is 36.8 Å². The lowest BCUT2D eigenvalue weighted by Crippen LogP contribution is -2.13. The highest BCUT2D eigenvalue weighted by Gasteiger charge is 2.16. The van der Waals surface area contributed by atoms with E-state index in [2.05, 4.69) is 27.8 Å². The van der Waals surface area contributed by atoms with Crippen molar-refractivity contribution in [3.8, 4) is 11.5 Å². The Morgan fingerprint density at radius 3 is 2.70 bits per heavy atom. The molecule has 1 amide bonds. The van der Waals surface area contributed by atoms with Crippen molar-refractivity contribution < 1.29 is 14.3 Å². The quantitative estimate of drug-likeness (QED) is 0.797. The van der Waals surface area contributed by atoms with E-state index in [1.807, 2.05) is 0 Å². The Kier molecular flexibility index (Phi) is 4.56. The summed E-state index contributed by atoms with van der Waals surface area (Å²) in [6.45, 7) is 3.16. The minimum atomic E-state index is -0.274. The lowest BCUT2D eigenvalue weighted by atomic mass is 10.2. The molecule has 1 aromatic carbocycles. The zero-order valence-electron chi connectivity index (χ0n) is 12.8. The van der Waals surface area contributed by atoms with E-state index in [0.717, 1.165) is 19.4 Å². The fourth-order valence-corrected chi connectivity index (χ4v) is 2.11. The van der Waals surface area contributed by atoms with Gasteiger partial charge in [-0.15, -0.1) is 10.2 Å². The second-order valence-corrected chi connectivity index (χ2v) is 5.11. The third-order valence-corrected chi connectivity index (χ3v) is 3.38. The van der Waals surface area contributed by atoms with E-state index in [-0.39, 0.29) is 12.7 Å². The van der Waals surface area contributed by atoms with Gasteiger partial charge in [-0.3, -0.25) is 4.79 Å². The van der Waals surface area contributed by atoms with Crippen molar-refractivity contribution in [2.75, 3.05) is 24.0 Å². The van der Waals surface area contributed by atoms with Gasteiger partial charge < -0.3 is 20.1 Å². The van der Waals surface area contributed by atoms with Crippen LogP contribution in [0.2, 0.25) is 0 Å². The molecule has 2 N–H and O–H groups in total. The topological polar surface area (TPSA) is 85.4 Å². The van der Waals surface area contributed by atoms with Crippen LogP contribution in [0.15, 0.2) is 30.3 Å². The molecule has 7 heteroatoms. The second kappa shape index (κ2) is 6.95. The maximum absolute atomic E-state index is 12.2. The van der Waals surface area contributed by atoms with Crippen molar-refractivity contribution in [2.45, 2.75) is 19.8 Å². The lowest BCUT2D eigenvalue weighted by Gasteiger charge is -2.06. The maximum atomic E-state index is 12.2. The summed E-state index contributed by atoms with van der Waals surface area (Å²) in [6, 6.07) is 8.54. The molecule has 23 heavy (non-hydrogen) atoms. The first-order valence-corrected chi connectivity index (χ1v) is 7.55. The molecule has 0 spiro atoms. The molecule has 3 rings (SSSR count). The Labute approximate surface area is 134 Å². The number of aromatic nitrogens is 2. The summed E-state index contributed by atoms with van der Waals surface area (Å²) in [6.07, 6.45) is 2.19. The van der Waals surface area contributed by atoms with Crippen LogP contribution in [-0.2, 0) is 0 Å². The number of benzene rings is 1. The number of ether oxygens (including phenoxy) is 2. The summed E-state index contributed by atoms with van der Waals surface area (Å²) in [7, 11) is 0. The SMILES string of the molecule is CCCCNc1ccc(NC(=O)c2ccc3c(c2)OCO3)nn1. The molecule has 1 aliphatic heterocycles. The minimum absolute atomic E-state index is 0.179. The molecule has 2 aromatic rings. The summed E-state index contributed by atoms with van der Waals surface area (Å²) in [5, 5.41) is 13.9. The van der Waals surface area contributed by atoms with Gasteiger partial charge in [-0.1, -0.05) is 13.3 Å². The van der Waals surface area contributed by atoms with Gasteiger partial charge in [0.25, 0.3) is 5.91 Å². The first-order valence-electron chi connectivity index (χ1n) is 7.55. The molecule has 120 valence electrons. The van der Waals surface area contributed by atoms with Gasteiger partial charge in [0.05, 0.1) is 0 Å². The van der Waals surface area contributed by atoms with E-state index in [9.17, 15) is 4.79 Å². The molecule has 0 aliphatic carbocycles. The van der Waals surface area contributed by atoms with Crippen LogP contribution < -0.4 is 20.1 Å². The van der Waals surface area contributed by atoms with Crippen molar-refractivity contribution in [2.24, 2.45) is 0 Å². The molecular formula is C16H18N4O3. The molecule has 1 aromatic heterocycles. The molecule has 7 nitrogen and oxygen atoms in total. The van der Waals surface area contributed by atoms with E-state index in [0.29, 0.717) is 28.7 Å². The largest absolute Gasteiger partial charge is 0.454 e. The smallest absolute Gasteiger partial charge is 0.257 e. The Morgan fingerprint density at radius 2 is 1.91 bits per heavy atom. The Morgan fingerprint density at radius 1 is 1.13 bits per heavy atom. The normalized spacial score (nSPS) is 12.0. The summed E-state index contributed by atoms with van der Waals surface area (Å²) in [5.74, 6) is 2.03. The highest BCUT2D eigenvalue weighted by atomic mass is 16.7. The van der Waals surface area contributed by atoms with Gasteiger partial charge in [0.1, 0.15) is 5.82 Å². The first-order chi connectivity index (χ1) is 11.3. The minimum Gasteiger partial charge on any atom is -0.454 e. The van der Waals surface area contributed by atoms with Gasteiger partial charge >= 0.3 is 0 Å². The molecule has 0 bridgehead atoms. The average molecular weight is 314 g/mol. The van der Waals surface area contributed by atoms with Gasteiger partial charge in [-0.25, -0.2) is 0 Å². The van der Waals surface area contributed by atoms with Crippen LogP contribution in [0, 0.1) is 0 Å². The van der Waals surface area contributed by atoms with Crippen molar-refractivity contribution in [3.05, 3.63) is 35.9 Å². The second-order valence-electron chi connectivity index (χ2n) is 5.11. The monoisotopic (exact) mass is 314 g/mol. The summed E-state index contributed by atoms with van der Waals surface area (Å²) in [5.41, 5.74) is 0.473. The summed E-state index contributed by atoms with van der Waals surface area (Å²) in [4.78, 5) is 12.2. The van der Waals surface area contributed by atoms with Crippen LogP contribution in [0.4, 0.5) is 11.6 Å². The number of carbonyl (C=O) groups is 1.